The molecule has 0 fully saturated rings. The smallest absolute Gasteiger partial charge is 0.322 e. The molecule has 0 atom stereocenters. The summed E-state index contributed by atoms with van der Waals surface area (Å²) in [7, 11) is 0. The van der Waals surface area contributed by atoms with Crippen molar-refractivity contribution in [2.24, 2.45) is 0 Å². The van der Waals surface area contributed by atoms with Gasteiger partial charge in [-0.15, -0.1) is 4.63 Å². The topological polar surface area (TPSA) is 107 Å². The van der Waals surface area contributed by atoms with E-state index in [9.17, 15) is 4.79 Å². The van der Waals surface area contributed by atoms with E-state index in [1.807, 2.05) is 24.3 Å². The average molecular weight is 377 g/mol. The highest BCUT2D eigenvalue weighted by atomic mass is 79.9. The van der Waals surface area contributed by atoms with Gasteiger partial charge in [-0.05, 0) is 17.7 Å². The molecule has 0 aliphatic heterocycles. The molecule has 1 aromatic heterocycles. The lowest BCUT2D eigenvalue weighted by molar-refractivity contribution is -0.610. The molecule has 0 saturated carbocycles. The number of amides is 1. The first-order valence-corrected chi connectivity index (χ1v) is 6.82. The third kappa shape index (κ3) is 5.33. The molecule has 0 aliphatic rings. The molecule has 2 aromatic rings. The predicted molar refractivity (Wildman–Crippen MR) is 75.7 cm³/mol. The van der Waals surface area contributed by atoms with Crippen LogP contribution in [0, 0.1) is 0 Å². The fraction of sp³-hybridized carbons (Fsp3) is 0.250. The van der Waals surface area contributed by atoms with Gasteiger partial charge in [-0.3, -0.25) is 4.79 Å². The normalized spacial score (nSPS) is 9.95. The number of aromatic amines is 1. The number of anilines is 1. The van der Waals surface area contributed by atoms with Gasteiger partial charge in [-0.1, -0.05) is 33.2 Å². The van der Waals surface area contributed by atoms with E-state index in [0.717, 1.165) is 11.0 Å². The Hall–Kier alpha value is -1.64. The number of hydrogen-bond acceptors (Lipinski definition) is 5. The van der Waals surface area contributed by atoms with Crippen LogP contribution in [0.1, 0.15) is 16.1 Å². The first kappa shape index (κ1) is 17.4. The number of H-pyrrole nitrogens is 1. The average Bonchev–Trinajstić information content (AvgIpc) is 2.86. The number of nitrogens with zero attached hydrogens (tertiary/aromatic N) is 1. The summed E-state index contributed by atoms with van der Waals surface area (Å²) in [6, 6.07) is 8.04. The van der Waals surface area contributed by atoms with E-state index >= 15 is 0 Å². The number of aromatic nitrogens is 2. The molecule has 1 aromatic carbocycles. The van der Waals surface area contributed by atoms with Crippen LogP contribution < -0.4 is 33.9 Å². The Balaban J connectivity index is 0.00000220. The Morgan fingerprint density at radius 3 is 2.67 bits per heavy atom. The zero-order chi connectivity index (χ0) is 14.4. The van der Waals surface area contributed by atoms with Crippen molar-refractivity contribution in [1.29, 1.82) is 0 Å². The maximum Gasteiger partial charge on any atom is 0.322 e. The Bertz CT molecular complexity index is 575. The third-order valence-corrected chi connectivity index (χ3v) is 3.12. The molecular formula is C12H15BrClN5O2. The van der Waals surface area contributed by atoms with Gasteiger partial charge in [-0.2, -0.15) is 0 Å². The van der Waals surface area contributed by atoms with Crippen molar-refractivity contribution in [3.63, 3.8) is 0 Å². The fourth-order valence-corrected chi connectivity index (χ4v) is 1.83. The van der Waals surface area contributed by atoms with Gasteiger partial charge in [0.05, 0.1) is 0 Å². The molecule has 21 heavy (non-hydrogen) atoms. The van der Waals surface area contributed by atoms with Crippen molar-refractivity contribution in [2.45, 2.75) is 6.54 Å². The number of nitrogens with two attached hydrogens (primary N) is 1. The maximum absolute atomic E-state index is 11.6. The number of nitrogen functional groups attached to an aromatic ring is 1. The van der Waals surface area contributed by atoms with E-state index in [-0.39, 0.29) is 29.8 Å². The monoisotopic (exact) mass is 375 g/mol. The van der Waals surface area contributed by atoms with Gasteiger partial charge in [0.25, 0.3) is 5.91 Å². The molecular weight excluding hydrogens is 362 g/mol. The number of carbonyl (C=O) groups is 1. The highest BCUT2D eigenvalue weighted by Gasteiger charge is 2.21. The van der Waals surface area contributed by atoms with Crippen LogP contribution in [-0.2, 0) is 6.54 Å². The third-order valence-electron chi connectivity index (χ3n) is 2.59. The quantitative estimate of drug-likeness (QED) is 0.478. The van der Waals surface area contributed by atoms with Gasteiger partial charge < -0.3 is 28.8 Å². The summed E-state index contributed by atoms with van der Waals surface area (Å²) in [6.45, 7) is 1.86. The molecule has 0 unspecified atom stereocenters. The standard InChI is InChI=1S/C12H14BrN5O2.ClH/c13-9-3-1-8(2-4-9)7-15-5-6-16-12(19)10-11(14)18-20-17-10;/h1-4,15H,5-7H2,(H2,14,18)(H,16,19);1H. The first-order valence-electron chi connectivity index (χ1n) is 6.03. The second-order valence-electron chi connectivity index (χ2n) is 4.11. The molecule has 0 aliphatic carbocycles. The zero-order valence-corrected chi connectivity index (χ0v) is 13.4. The number of halogens is 2. The summed E-state index contributed by atoms with van der Waals surface area (Å²) >= 11 is 3.38. The Morgan fingerprint density at radius 2 is 2.05 bits per heavy atom. The SMILES string of the molecule is Nc1[nH+]onc1C(=O)NCCNCc1ccc(Br)cc1.[Cl-]. The van der Waals surface area contributed by atoms with Crippen LogP contribution in [0.5, 0.6) is 0 Å². The van der Waals surface area contributed by atoms with Gasteiger partial charge >= 0.3 is 11.5 Å². The summed E-state index contributed by atoms with van der Waals surface area (Å²) < 4.78 is 5.53. The molecule has 7 nitrogen and oxygen atoms in total. The number of benzene rings is 1. The maximum atomic E-state index is 11.6. The van der Waals surface area contributed by atoms with Crippen LogP contribution in [0.3, 0.4) is 0 Å². The van der Waals surface area contributed by atoms with Crippen molar-refractivity contribution in [1.82, 2.24) is 15.8 Å². The number of carbonyl (C=O) groups excluding carboxylic acids is 1. The Morgan fingerprint density at radius 1 is 1.33 bits per heavy atom. The summed E-state index contributed by atoms with van der Waals surface area (Å²) in [5, 5.41) is 11.7. The highest BCUT2D eigenvalue weighted by molar-refractivity contribution is 9.10. The largest absolute Gasteiger partial charge is 1.00 e. The Labute approximate surface area is 136 Å². The minimum Gasteiger partial charge on any atom is -1.00 e. The molecule has 1 amide bonds. The molecule has 0 radical (unpaired) electrons. The molecule has 1 heterocycles. The molecule has 2 rings (SSSR count). The minimum atomic E-state index is -0.363. The first-order chi connectivity index (χ1) is 9.66. The lowest BCUT2D eigenvalue weighted by Crippen LogP contribution is -3.00. The van der Waals surface area contributed by atoms with Crippen molar-refractivity contribution in [3.05, 3.63) is 40.0 Å². The fourth-order valence-electron chi connectivity index (χ4n) is 1.56. The second-order valence-corrected chi connectivity index (χ2v) is 5.02. The summed E-state index contributed by atoms with van der Waals surface area (Å²) in [5.41, 5.74) is 6.71. The van der Waals surface area contributed by atoms with Crippen LogP contribution in [0.2, 0.25) is 0 Å². The van der Waals surface area contributed by atoms with E-state index < -0.39 is 0 Å². The van der Waals surface area contributed by atoms with Crippen molar-refractivity contribution in [2.75, 3.05) is 18.8 Å². The number of nitrogens with one attached hydrogen (secondary N) is 3. The van der Waals surface area contributed by atoms with E-state index in [1.54, 1.807) is 0 Å². The zero-order valence-electron chi connectivity index (χ0n) is 11.0. The lowest BCUT2D eigenvalue weighted by atomic mass is 10.2. The highest BCUT2D eigenvalue weighted by Crippen LogP contribution is 2.09. The van der Waals surface area contributed by atoms with Gasteiger partial charge in [0.1, 0.15) is 5.16 Å². The lowest BCUT2D eigenvalue weighted by Gasteiger charge is -2.05. The molecule has 9 heteroatoms. The molecule has 114 valence electrons. The molecule has 0 saturated heterocycles. The molecule has 0 spiro atoms. The van der Waals surface area contributed by atoms with Gasteiger partial charge in [-0.25, -0.2) is 0 Å². The van der Waals surface area contributed by atoms with E-state index in [1.165, 1.54) is 5.56 Å². The van der Waals surface area contributed by atoms with E-state index in [0.29, 0.717) is 13.1 Å². The van der Waals surface area contributed by atoms with Gasteiger partial charge in [0.15, 0.2) is 0 Å². The van der Waals surface area contributed by atoms with Crippen LogP contribution in [-0.4, -0.2) is 24.2 Å². The summed E-state index contributed by atoms with van der Waals surface area (Å²) in [6.07, 6.45) is 0. The number of hydrogen-bond donors (Lipinski definition) is 3. The molecule has 5 N–H and O–H groups in total. The van der Waals surface area contributed by atoms with Crippen LogP contribution in [0.25, 0.3) is 0 Å². The van der Waals surface area contributed by atoms with Crippen molar-refractivity contribution < 1.29 is 27.0 Å². The second kappa shape index (κ2) is 8.60. The minimum absolute atomic E-state index is 0. The van der Waals surface area contributed by atoms with Crippen molar-refractivity contribution in [3.8, 4) is 0 Å². The van der Waals surface area contributed by atoms with E-state index in [4.69, 9.17) is 5.73 Å². The molecule has 0 bridgehead atoms. The van der Waals surface area contributed by atoms with Gasteiger partial charge in [0.2, 0.25) is 0 Å². The van der Waals surface area contributed by atoms with Gasteiger partial charge in [0, 0.05) is 24.1 Å². The predicted octanol–water partition coefficient (Wildman–Crippen LogP) is -2.64. The van der Waals surface area contributed by atoms with Crippen LogP contribution in [0.15, 0.2) is 33.4 Å². The van der Waals surface area contributed by atoms with E-state index in [2.05, 4.69) is 41.5 Å². The van der Waals surface area contributed by atoms with Crippen molar-refractivity contribution >= 4 is 27.7 Å². The Kier molecular flexibility index (Phi) is 7.13. The summed E-state index contributed by atoms with van der Waals surface area (Å²) in [4.78, 5) is 11.6. The van der Waals surface area contributed by atoms with Crippen LogP contribution in [0.4, 0.5) is 5.82 Å². The summed E-state index contributed by atoms with van der Waals surface area (Å²) in [5.74, 6) is -0.247. The number of rotatable bonds is 6. The van der Waals surface area contributed by atoms with Crippen LogP contribution >= 0.6 is 15.9 Å².